The van der Waals surface area contributed by atoms with E-state index in [0.717, 1.165) is 12.8 Å². The number of rotatable bonds is 0. The molecule has 0 spiro atoms. The highest BCUT2D eigenvalue weighted by Crippen LogP contribution is 2.02. The average Bonchev–Trinajstić information content (AvgIpc) is 2.22. The molecular formula is C14H19. The lowest BCUT2D eigenvalue weighted by molar-refractivity contribution is 0.860. The van der Waals surface area contributed by atoms with Gasteiger partial charge in [-0.3, -0.25) is 0 Å². The Morgan fingerprint density at radius 3 is 2.36 bits per heavy atom. The molecule has 0 aliphatic heterocycles. The molecule has 0 bridgehead atoms. The van der Waals surface area contributed by atoms with Gasteiger partial charge >= 0.3 is 0 Å². The van der Waals surface area contributed by atoms with Crippen molar-refractivity contribution in [3.63, 3.8) is 0 Å². The van der Waals surface area contributed by atoms with Crippen LogP contribution in [0.3, 0.4) is 0 Å². The summed E-state index contributed by atoms with van der Waals surface area (Å²) in [5, 5.41) is 0. The summed E-state index contributed by atoms with van der Waals surface area (Å²) in [6.45, 7) is 0. The Morgan fingerprint density at radius 2 is 1.43 bits per heavy atom. The van der Waals surface area contributed by atoms with E-state index in [1.54, 1.807) is 0 Å². The Bertz CT molecular complexity index is 228. The van der Waals surface area contributed by atoms with Gasteiger partial charge in [0, 0.05) is 0 Å². The molecule has 0 N–H and O–H groups in total. The molecule has 0 saturated heterocycles. The summed E-state index contributed by atoms with van der Waals surface area (Å²) in [4.78, 5) is 0. The first kappa shape index (κ1) is 11.0. The van der Waals surface area contributed by atoms with E-state index < -0.39 is 0 Å². The molecule has 1 rings (SSSR count). The fourth-order valence-corrected chi connectivity index (χ4v) is 1.35. The third-order valence-electron chi connectivity index (χ3n) is 2.16. The summed E-state index contributed by atoms with van der Waals surface area (Å²) in [6, 6.07) is 0. The van der Waals surface area contributed by atoms with E-state index in [1.165, 1.54) is 25.7 Å². The van der Waals surface area contributed by atoms with Crippen LogP contribution in [-0.2, 0) is 0 Å². The van der Waals surface area contributed by atoms with E-state index in [4.69, 9.17) is 0 Å². The van der Waals surface area contributed by atoms with Crippen molar-refractivity contribution >= 4 is 0 Å². The molecule has 0 aromatic rings. The van der Waals surface area contributed by atoms with Crippen molar-refractivity contribution in [3.8, 4) is 0 Å². The van der Waals surface area contributed by atoms with E-state index in [9.17, 15) is 0 Å². The summed E-state index contributed by atoms with van der Waals surface area (Å²) in [6.07, 6.45) is 25.5. The van der Waals surface area contributed by atoms with Crippen molar-refractivity contribution in [2.45, 2.75) is 38.5 Å². The largest absolute Gasteiger partial charge is 0.0885 e. The Morgan fingerprint density at radius 1 is 0.714 bits per heavy atom. The number of hydrogen-bond donors (Lipinski definition) is 0. The van der Waals surface area contributed by atoms with Gasteiger partial charge in [-0.25, -0.2) is 0 Å². The maximum atomic E-state index is 3.22. The summed E-state index contributed by atoms with van der Waals surface area (Å²) < 4.78 is 0. The van der Waals surface area contributed by atoms with E-state index in [0.29, 0.717) is 0 Å². The topological polar surface area (TPSA) is 0 Å². The SMILES string of the molecule is [C]1=C/C=C\CC/C=C\CCC/C=C/C/1. The van der Waals surface area contributed by atoms with Crippen LogP contribution in [0.4, 0.5) is 0 Å². The predicted octanol–water partition coefficient (Wildman–Crippen LogP) is 4.37. The number of hydrogen-bond acceptors (Lipinski definition) is 0. The minimum Gasteiger partial charge on any atom is -0.0885 e. The third kappa shape index (κ3) is 6.47. The zero-order valence-corrected chi connectivity index (χ0v) is 8.78. The molecule has 0 aromatic carbocycles. The Kier molecular flexibility index (Phi) is 6.74. The molecule has 1 aliphatic rings. The second-order valence-corrected chi connectivity index (χ2v) is 3.45. The molecule has 75 valence electrons. The molecule has 1 radical (unpaired) electrons. The van der Waals surface area contributed by atoms with Crippen molar-refractivity contribution in [2.24, 2.45) is 0 Å². The highest BCUT2D eigenvalue weighted by atomic mass is 13.9. The van der Waals surface area contributed by atoms with Crippen LogP contribution in [-0.4, -0.2) is 0 Å². The van der Waals surface area contributed by atoms with Gasteiger partial charge in [-0.15, -0.1) is 0 Å². The molecule has 0 fully saturated rings. The molecule has 0 heteroatoms. The Balaban J connectivity index is 2.35. The smallest absolute Gasteiger partial charge is 0.00946 e. The van der Waals surface area contributed by atoms with Crippen LogP contribution in [0.2, 0.25) is 0 Å². The minimum absolute atomic E-state index is 0.945. The zero-order chi connectivity index (χ0) is 9.90. The van der Waals surface area contributed by atoms with Crippen molar-refractivity contribution in [3.05, 3.63) is 48.6 Å². The summed E-state index contributed by atoms with van der Waals surface area (Å²) in [5.41, 5.74) is 0. The van der Waals surface area contributed by atoms with Crippen LogP contribution in [0.5, 0.6) is 0 Å². The van der Waals surface area contributed by atoms with Crippen molar-refractivity contribution in [2.75, 3.05) is 0 Å². The summed E-state index contributed by atoms with van der Waals surface area (Å²) in [5.74, 6) is 0. The quantitative estimate of drug-likeness (QED) is 0.494. The standard InChI is InChI=1S/C14H19/c1-2-4-6-8-10-12-14-13-11-9-7-5-3-1/h1-3,8-11H,4,6-7,12-14H2/b2-1-,5-3?,10-8-,11-9+. The lowest BCUT2D eigenvalue weighted by Gasteiger charge is -1.91. The van der Waals surface area contributed by atoms with Crippen molar-refractivity contribution in [1.29, 1.82) is 0 Å². The van der Waals surface area contributed by atoms with E-state index in [-0.39, 0.29) is 0 Å². The predicted molar refractivity (Wildman–Crippen MR) is 62.9 cm³/mol. The van der Waals surface area contributed by atoms with Crippen molar-refractivity contribution in [1.82, 2.24) is 0 Å². The molecule has 0 unspecified atom stereocenters. The minimum atomic E-state index is 0.945. The van der Waals surface area contributed by atoms with Crippen LogP contribution in [0.25, 0.3) is 0 Å². The summed E-state index contributed by atoms with van der Waals surface area (Å²) >= 11 is 0. The average molecular weight is 187 g/mol. The van der Waals surface area contributed by atoms with Crippen molar-refractivity contribution < 1.29 is 0 Å². The normalized spacial score (nSPS) is 28.6. The molecule has 0 saturated carbocycles. The van der Waals surface area contributed by atoms with Crippen LogP contribution in [0.15, 0.2) is 42.5 Å². The second-order valence-electron chi connectivity index (χ2n) is 3.45. The first-order chi connectivity index (χ1) is 7.00. The highest BCUT2D eigenvalue weighted by Gasteiger charge is 1.82. The lowest BCUT2D eigenvalue weighted by Crippen LogP contribution is -1.71. The fraction of sp³-hybridized carbons (Fsp3) is 0.429. The van der Waals surface area contributed by atoms with Gasteiger partial charge in [0.1, 0.15) is 0 Å². The molecule has 0 nitrogen and oxygen atoms in total. The van der Waals surface area contributed by atoms with Gasteiger partial charge in [-0.2, -0.15) is 0 Å². The molecule has 14 heavy (non-hydrogen) atoms. The Hall–Kier alpha value is -1.04. The first-order valence-electron chi connectivity index (χ1n) is 5.52. The van der Waals surface area contributed by atoms with Gasteiger partial charge in [0.05, 0.1) is 0 Å². The molecule has 0 aromatic heterocycles. The third-order valence-corrected chi connectivity index (χ3v) is 2.16. The van der Waals surface area contributed by atoms with Crippen LogP contribution in [0.1, 0.15) is 38.5 Å². The molecule has 1 aliphatic carbocycles. The summed E-state index contributed by atoms with van der Waals surface area (Å²) in [7, 11) is 0. The monoisotopic (exact) mass is 187 g/mol. The lowest BCUT2D eigenvalue weighted by atomic mass is 10.2. The molecule has 0 atom stereocenters. The van der Waals surface area contributed by atoms with Crippen LogP contribution >= 0.6 is 0 Å². The van der Waals surface area contributed by atoms with Gasteiger partial charge in [0.2, 0.25) is 0 Å². The first-order valence-corrected chi connectivity index (χ1v) is 5.52. The van der Waals surface area contributed by atoms with Gasteiger partial charge in [-0.05, 0) is 44.6 Å². The van der Waals surface area contributed by atoms with Gasteiger partial charge < -0.3 is 0 Å². The molecule has 0 heterocycles. The maximum absolute atomic E-state index is 3.22. The van der Waals surface area contributed by atoms with E-state index in [2.05, 4.69) is 42.5 Å². The molecule has 0 amide bonds. The second kappa shape index (κ2) is 8.55. The van der Waals surface area contributed by atoms with E-state index in [1.807, 2.05) is 6.08 Å². The maximum Gasteiger partial charge on any atom is -0.00946 e. The molecular weight excluding hydrogens is 168 g/mol. The van der Waals surface area contributed by atoms with Gasteiger partial charge in [-0.1, -0.05) is 42.5 Å². The number of allylic oxidation sites excluding steroid dienone is 8. The van der Waals surface area contributed by atoms with Gasteiger partial charge in [0.25, 0.3) is 0 Å². The fourth-order valence-electron chi connectivity index (χ4n) is 1.35. The van der Waals surface area contributed by atoms with Gasteiger partial charge in [0.15, 0.2) is 0 Å². The van der Waals surface area contributed by atoms with Crippen LogP contribution in [0, 0.1) is 6.08 Å². The van der Waals surface area contributed by atoms with Crippen LogP contribution < -0.4 is 0 Å². The Labute approximate surface area is 87.7 Å². The zero-order valence-electron chi connectivity index (χ0n) is 8.78. The highest BCUT2D eigenvalue weighted by molar-refractivity contribution is 5.02. The van der Waals surface area contributed by atoms with E-state index >= 15 is 0 Å².